The van der Waals surface area contributed by atoms with E-state index in [0.717, 1.165) is 17.5 Å². The second-order valence-corrected chi connectivity index (χ2v) is 8.87. The Hall–Kier alpha value is -0.980. The largest absolute Gasteiger partial charge is 0.507 e. The van der Waals surface area contributed by atoms with Crippen LogP contribution in [0, 0.1) is 13.8 Å². The van der Waals surface area contributed by atoms with Gasteiger partial charge in [0.15, 0.2) is 0 Å². The maximum Gasteiger partial charge on any atom is 0.121 e. The number of benzene rings is 1. The normalized spacial score (nSPS) is 11.5. The lowest BCUT2D eigenvalue weighted by Crippen LogP contribution is -1.99. The van der Waals surface area contributed by atoms with Gasteiger partial charge >= 0.3 is 0 Å². The molecule has 0 aromatic heterocycles. The van der Waals surface area contributed by atoms with Crippen molar-refractivity contribution in [1.29, 1.82) is 0 Å². The van der Waals surface area contributed by atoms with Crippen LogP contribution < -0.4 is 0 Å². The molecule has 1 heteroatoms. The number of rotatable bonds is 15. The van der Waals surface area contributed by atoms with Crippen molar-refractivity contribution in [1.82, 2.24) is 0 Å². The van der Waals surface area contributed by atoms with Gasteiger partial charge in [0.05, 0.1) is 0 Å². The number of aryl methyl sites for hydroxylation is 1. The van der Waals surface area contributed by atoms with Crippen LogP contribution in [0.5, 0.6) is 5.75 Å². The van der Waals surface area contributed by atoms with E-state index in [4.69, 9.17) is 0 Å². The summed E-state index contributed by atoms with van der Waals surface area (Å²) in [5, 5.41) is 10.4. The lowest BCUT2D eigenvalue weighted by atomic mass is 9.90. The van der Waals surface area contributed by atoms with Crippen molar-refractivity contribution in [3.8, 4) is 5.75 Å². The molecule has 0 fully saturated rings. The Bertz CT molecular complexity index is 515. The van der Waals surface area contributed by atoms with Crippen LogP contribution in [0.3, 0.4) is 0 Å². The van der Waals surface area contributed by atoms with Crippen molar-refractivity contribution in [2.45, 2.75) is 130 Å². The molecule has 1 aromatic rings. The molecule has 0 spiro atoms. The van der Waals surface area contributed by atoms with E-state index < -0.39 is 0 Å². The molecule has 156 valence electrons. The molecule has 1 aromatic carbocycles. The highest BCUT2D eigenvalue weighted by molar-refractivity contribution is 5.49. The van der Waals surface area contributed by atoms with Gasteiger partial charge in [0.25, 0.3) is 0 Å². The van der Waals surface area contributed by atoms with Crippen molar-refractivity contribution >= 4 is 0 Å². The van der Waals surface area contributed by atoms with Crippen molar-refractivity contribution in [3.05, 3.63) is 28.3 Å². The first-order chi connectivity index (χ1) is 13.0. The number of unbranched alkanes of at least 4 members (excludes halogenated alkanes) is 12. The van der Waals surface area contributed by atoms with E-state index in [1.54, 1.807) is 0 Å². The molecule has 0 aliphatic carbocycles. The van der Waals surface area contributed by atoms with E-state index in [1.165, 1.54) is 94.6 Å². The molecular weight excluding hydrogens is 328 g/mol. The summed E-state index contributed by atoms with van der Waals surface area (Å²) in [5.41, 5.74) is 4.82. The highest BCUT2D eigenvalue weighted by atomic mass is 16.3. The third-order valence-electron chi connectivity index (χ3n) is 6.13. The Morgan fingerprint density at radius 3 is 1.59 bits per heavy atom. The number of hydrogen-bond acceptors (Lipinski definition) is 1. The lowest BCUT2D eigenvalue weighted by molar-refractivity contribution is 0.463. The molecule has 0 heterocycles. The van der Waals surface area contributed by atoms with Crippen molar-refractivity contribution < 1.29 is 5.11 Å². The fourth-order valence-electron chi connectivity index (χ4n) is 4.17. The molecular formula is C26H46O. The first kappa shape index (κ1) is 24.1. The van der Waals surface area contributed by atoms with Crippen LogP contribution in [0.2, 0.25) is 0 Å². The number of hydrogen-bond donors (Lipinski definition) is 1. The van der Waals surface area contributed by atoms with Crippen LogP contribution in [0.4, 0.5) is 0 Å². The van der Waals surface area contributed by atoms with Crippen LogP contribution in [0.25, 0.3) is 0 Å². The fourth-order valence-corrected chi connectivity index (χ4v) is 4.17. The summed E-state index contributed by atoms with van der Waals surface area (Å²) in [4.78, 5) is 0. The van der Waals surface area contributed by atoms with Gasteiger partial charge in [-0.25, -0.2) is 0 Å². The quantitative estimate of drug-likeness (QED) is 0.304. The minimum absolute atomic E-state index is 0.474. The van der Waals surface area contributed by atoms with E-state index in [2.05, 4.69) is 33.8 Å². The predicted molar refractivity (Wildman–Crippen MR) is 121 cm³/mol. The third kappa shape index (κ3) is 9.17. The molecule has 0 radical (unpaired) electrons. The maximum atomic E-state index is 10.4. The van der Waals surface area contributed by atoms with E-state index in [1.807, 2.05) is 6.92 Å². The van der Waals surface area contributed by atoms with Gasteiger partial charge in [0, 0.05) is 0 Å². The van der Waals surface area contributed by atoms with Gasteiger partial charge in [0.1, 0.15) is 5.75 Å². The van der Waals surface area contributed by atoms with Gasteiger partial charge in [-0.1, -0.05) is 104 Å². The molecule has 0 atom stereocenters. The molecule has 27 heavy (non-hydrogen) atoms. The van der Waals surface area contributed by atoms with E-state index >= 15 is 0 Å². The molecule has 0 bridgehead atoms. The van der Waals surface area contributed by atoms with E-state index in [-0.39, 0.29) is 0 Å². The summed E-state index contributed by atoms with van der Waals surface area (Å²) < 4.78 is 0. The molecule has 1 N–H and O–H groups in total. The SMILES string of the molecule is CCCCCCCCCCCCCCCc1cc(C(C)C)c(C)c(O)c1C. The molecule has 1 rings (SSSR count). The van der Waals surface area contributed by atoms with Gasteiger partial charge < -0.3 is 5.11 Å². The Labute approximate surface area is 170 Å². The van der Waals surface area contributed by atoms with Crippen molar-refractivity contribution in [2.75, 3.05) is 0 Å². The Morgan fingerprint density at radius 1 is 0.704 bits per heavy atom. The van der Waals surface area contributed by atoms with Crippen LogP contribution >= 0.6 is 0 Å². The smallest absolute Gasteiger partial charge is 0.121 e. The summed E-state index contributed by atoms with van der Waals surface area (Å²) in [7, 11) is 0. The summed E-state index contributed by atoms with van der Waals surface area (Å²) in [6.45, 7) is 10.8. The summed E-state index contributed by atoms with van der Waals surface area (Å²) >= 11 is 0. The molecule has 0 aliphatic rings. The zero-order valence-electron chi connectivity index (χ0n) is 19.0. The average molecular weight is 375 g/mol. The number of aromatic hydroxyl groups is 1. The highest BCUT2D eigenvalue weighted by Crippen LogP contribution is 2.33. The third-order valence-corrected chi connectivity index (χ3v) is 6.13. The van der Waals surface area contributed by atoms with Gasteiger partial charge in [-0.05, 0) is 54.9 Å². The summed E-state index contributed by atoms with van der Waals surface area (Å²) in [6, 6.07) is 2.34. The second-order valence-electron chi connectivity index (χ2n) is 8.87. The van der Waals surface area contributed by atoms with Gasteiger partial charge in [-0.15, -0.1) is 0 Å². The molecule has 0 aliphatic heterocycles. The van der Waals surface area contributed by atoms with Crippen LogP contribution in [0.15, 0.2) is 6.07 Å². The topological polar surface area (TPSA) is 20.2 Å². The minimum Gasteiger partial charge on any atom is -0.507 e. The first-order valence-corrected chi connectivity index (χ1v) is 11.8. The first-order valence-electron chi connectivity index (χ1n) is 11.8. The standard InChI is InChI=1S/C26H46O/c1-6-7-8-9-10-11-12-13-14-15-16-17-18-19-24-20-25(21(2)3)23(5)26(27)22(24)4/h20-21,27H,6-19H2,1-5H3. The summed E-state index contributed by atoms with van der Waals surface area (Å²) in [5.74, 6) is 0.993. The molecule has 0 saturated carbocycles. The summed E-state index contributed by atoms with van der Waals surface area (Å²) in [6.07, 6.45) is 19.3. The fraction of sp³-hybridized carbons (Fsp3) is 0.769. The van der Waals surface area contributed by atoms with Gasteiger partial charge in [-0.2, -0.15) is 0 Å². The molecule has 1 nitrogen and oxygen atoms in total. The predicted octanol–water partition coefficient (Wildman–Crippen LogP) is 8.77. The van der Waals surface area contributed by atoms with Crippen molar-refractivity contribution in [3.63, 3.8) is 0 Å². The zero-order valence-corrected chi connectivity index (χ0v) is 19.0. The monoisotopic (exact) mass is 374 g/mol. The Kier molecular flexibility index (Phi) is 12.5. The van der Waals surface area contributed by atoms with E-state index in [9.17, 15) is 5.11 Å². The zero-order chi connectivity index (χ0) is 20.1. The van der Waals surface area contributed by atoms with Crippen LogP contribution in [0.1, 0.15) is 132 Å². The van der Waals surface area contributed by atoms with Gasteiger partial charge in [0.2, 0.25) is 0 Å². The highest BCUT2D eigenvalue weighted by Gasteiger charge is 2.13. The Balaban J connectivity index is 2.13. The second kappa shape index (κ2) is 14.1. The molecule has 0 saturated heterocycles. The molecule has 0 amide bonds. The number of phenolic OH excluding ortho intramolecular Hbond substituents is 1. The average Bonchev–Trinajstić information content (AvgIpc) is 2.65. The Morgan fingerprint density at radius 2 is 1.15 bits per heavy atom. The van der Waals surface area contributed by atoms with Crippen LogP contribution in [-0.4, -0.2) is 5.11 Å². The van der Waals surface area contributed by atoms with Crippen LogP contribution in [-0.2, 0) is 6.42 Å². The number of phenols is 1. The maximum absolute atomic E-state index is 10.4. The minimum atomic E-state index is 0.474. The van der Waals surface area contributed by atoms with E-state index in [0.29, 0.717) is 11.7 Å². The van der Waals surface area contributed by atoms with Gasteiger partial charge in [-0.3, -0.25) is 0 Å². The van der Waals surface area contributed by atoms with Crippen molar-refractivity contribution in [2.24, 2.45) is 0 Å². The lowest BCUT2D eigenvalue weighted by Gasteiger charge is -2.17. The molecule has 0 unspecified atom stereocenters.